The average Bonchev–Trinajstić information content (AvgIpc) is 2.14. The van der Waals surface area contributed by atoms with Crippen molar-refractivity contribution in [3.63, 3.8) is 0 Å². The molecular weight excluding hydrogens is 261 g/mol. The lowest BCUT2D eigenvalue weighted by atomic mass is 10.1. The van der Waals surface area contributed by atoms with Crippen LogP contribution in [0.4, 0.5) is 10.1 Å². The van der Waals surface area contributed by atoms with Crippen molar-refractivity contribution in [1.29, 1.82) is 0 Å². The van der Waals surface area contributed by atoms with Crippen molar-refractivity contribution in [2.45, 2.75) is 24.3 Å². The molecule has 1 aromatic carbocycles. The van der Waals surface area contributed by atoms with Gasteiger partial charge in [0.15, 0.2) is 0 Å². The molecule has 0 aliphatic heterocycles. The van der Waals surface area contributed by atoms with Crippen molar-refractivity contribution in [2.24, 2.45) is 5.73 Å². The number of halogens is 1. The maximum Gasteiger partial charge on any atom is 0.246 e. The minimum Gasteiger partial charge on any atom is -0.398 e. The Hall–Kier alpha value is -1.67. The van der Waals surface area contributed by atoms with Crippen molar-refractivity contribution < 1.29 is 17.6 Å². The molecule has 6 nitrogen and oxygen atoms in total. The highest BCUT2D eigenvalue weighted by molar-refractivity contribution is 7.89. The van der Waals surface area contributed by atoms with Gasteiger partial charge in [0.1, 0.15) is 16.3 Å². The third-order valence-corrected chi connectivity index (χ3v) is 4.02. The van der Waals surface area contributed by atoms with Crippen molar-refractivity contribution in [3.05, 3.63) is 24.0 Å². The van der Waals surface area contributed by atoms with Crippen LogP contribution in [-0.4, -0.2) is 19.9 Å². The lowest BCUT2D eigenvalue weighted by Gasteiger charge is -2.22. The maximum absolute atomic E-state index is 13.5. The highest BCUT2D eigenvalue weighted by Gasteiger charge is 2.33. The number of anilines is 1. The number of carbonyl (C=O) groups is 1. The first kappa shape index (κ1) is 14.4. The molecule has 1 aromatic rings. The van der Waals surface area contributed by atoms with E-state index < -0.39 is 32.2 Å². The summed E-state index contributed by atoms with van der Waals surface area (Å²) in [6.07, 6.45) is 0. The first-order valence-corrected chi connectivity index (χ1v) is 6.44. The molecule has 1 rings (SSSR count). The molecule has 0 spiro atoms. The Balaban J connectivity index is 3.28. The van der Waals surface area contributed by atoms with Crippen LogP contribution in [0.2, 0.25) is 0 Å². The van der Waals surface area contributed by atoms with E-state index in [9.17, 15) is 17.6 Å². The van der Waals surface area contributed by atoms with E-state index in [0.717, 1.165) is 6.07 Å². The molecule has 18 heavy (non-hydrogen) atoms. The Kier molecular flexibility index (Phi) is 3.63. The summed E-state index contributed by atoms with van der Waals surface area (Å²) in [5, 5.41) is 0. The molecule has 0 atom stereocenters. The van der Waals surface area contributed by atoms with Gasteiger partial charge < -0.3 is 11.5 Å². The van der Waals surface area contributed by atoms with Gasteiger partial charge in [-0.25, -0.2) is 12.8 Å². The molecule has 0 bridgehead atoms. The third kappa shape index (κ3) is 2.77. The third-order valence-electron chi connectivity index (χ3n) is 2.27. The standard InChI is InChI=1S/C10H14FN3O3S/c1-10(2,9(13)15)14-18(16,17)8-6(11)4-3-5-7(8)12/h3-5,14H,12H2,1-2H3,(H2,13,15). The van der Waals surface area contributed by atoms with Crippen LogP contribution in [0.15, 0.2) is 23.1 Å². The van der Waals surface area contributed by atoms with Crippen LogP contribution in [0.3, 0.4) is 0 Å². The van der Waals surface area contributed by atoms with Gasteiger partial charge in [-0.05, 0) is 26.0 Å². The fourth-order valence-electron chi connectivity index (χ4n) is 1.25. The van der Waals surface area contributed by atoms with E-state index in [-0.39, 0.29) is 5.69 Å². The van der Waals surface area contributed by atoms with Gasteiger partial charge in [0.2, 0.25) is 15.9 Å². The van der Waals surface area contributed by atoms with E-state index in [1.165, 1.54) is 26.0 Å². The second kappa shape index (κ2) is 4.54. The monoisotopic (exact) mass is 275 g/mol. The Morgan fingerprint density at radius 3 is 2.39 bits per heavy atom. The number of nitrogens with one attached hydrogen (secondary N) is 1. The molecule has 0 radical (unpaired) electrons. The fraction of sp³-hybridized carbons (Fsp3) is 0.300. The van der Waals surface area contributed by atoms with Crippen LogP contribution in [0.5, 0.6) is 0 Å². The predicted molar refractivity (Wildman–Crippen MR) is 64.4 cm³/mol. The number of rotatable bonds is 4. The summed E-state index contributed by atoms with van der Waals surface area (Å²) in [5.41, 5.74) is 8.67. The van der Waals surface area contributed by atoms with E-state index in [4.69, 9.17) is 11.5 Å². The minimum atomic E-state index is -4.28. The summed E-state index contributed by atoms with van der Waals surface area (Å²) < 4.78 is 39.4. The van der Waals surface area contributed by atoms with Crippen LogP contribution < -0.4 is 16.2 Å². The van der Waals surface area contributed by atoms with Gasteiger partial charge in [-0.15, -0.1) is 0 Å². The molecule has 0 saturated heterocycles. The highest BCUT2D eigenvalue weighted by Crippen LogP contribution is 2.22. The number of primary amides is 1. The molecule has 0 fully saturated rings. The molecule has 0 saturated carbocycles. The summed E-state index contributed by atoms with van der Waals surface area (Å²) >= 11 is 0. The zero-order chi connectivity index (χ0) is 14.1. The number of hydrogen-bond acceptors (Lipinski definition) is 4. The van der Waals surface area contributed by atoms with Gasteiger partial charge in [0.05, 0.1) is 5.69 Å². The molecule has 0 aliphatic carbocycles. The topological polar surface area (TPSA) is 115 Å². The molecule has 1 amide bonds. The number of nitrogen functional groups attached to an aromatic ring is 1. The zero-order valence-electron chi connectivity index (χ0n) is 9.90. The minimum absolute atomic E-state index is 0.247. The Morgan fingerprint density at radius 1 is 1.39 bits per heavy atom. The summed E-state index contributed by atoms with van der Waals surface area (Å²) in [4.78, 5) is 10.4. The molecule has 0 aliphatic rings. The van der Waals surface area contributed by atoms with E-state index in [0.29, 0.717) is 0 Å². The quantitative estimate of drug-likeness (QED) is 0.668. The van der Waals surface area contributed by atoms with Gasteiger partial charge in [0.25, 0.3) is 0 Å². The lowest BCUT2D eigenvalue weighted by Crippen LogP contribution is -2.53. The number of carbonyl (C=O) groups excluding carboxylic acids is 1. The van der Waals surface area contributed by atoms with Gasteiger partial charge >= 0.3 is 0 Å². The van der Waals surface area contributed by atoms with E-state index in [1.807, 2.05) is 4.72 Å². The normalized spacial score (nSPS) is 12.4. The van der Waals surface area contributed by atoms with Gasteiger partial charge in [0, 0.05) is 0 Å². The zero-order valence-corrected chi connectivity index (χ0v) is 10.7. The molecule has 0 heterocycles. The maximum atomic E-state index is 13.5. The molecule has 0 aromatic heterocycles. The second-order valence-electron chi connectivity index (χ2n) is 4.25. The number of sulfonamides is 1. The van der Waals surface area contributed by atoms with Crippen molar-refractivity contribution in [1.82, 2.24) is 4.72 Å². The van der Waals surface area contributed by atoms with E-state index in [1.54, 1.807) is 0 Å². The molecule has 5 N–H and O–H groups in total. The summed E-state index contributed by atoms with van der Waals surface area (Å²) in [5.74, 6) is -1.89. The Labute approximate surface area is 104 Å². The van der Waals surface area contributed by atoms with E-state index in [2.05, 4.69) is 0 Å². The fourth-order valence-corrected chi connectivity index (χ4v) is 2.82. The van der Waals surface area contributed by atoms with Crippen LogP contribution >= 0.6 is 0 Å². The van der Waals surface area contributed by atoms with Gasteiger partial charge in [-0.1, -0.05) is 6.07 Å². The van der Waals surface area contributed by atoms with E-state index >= 15 is 0 Å². The van der Waals surface area contributed by atoms with Crippen LogP contribution in [-0.2, 0) is 14.8 Å². The molecule has 0 unspecified atom stereocenters. The van der Waals surface area contributed by atoms with Crippen molar-refractivity contribution in [3.8, 4) is 0 Å². The van der Waals surface area contributed by atoms with Crippen molar-refractivity contribution >= 4 is 21.6 Å². The number of nitrogens with two attached hydrogens (primary N) is 2. The number of benzene rings is 1. The first-order chi connectivity index (χ1) is 8.08. The molecular formula is C10H14FN3O3S. The number of hydrogen-bond donors (Lipinski definition) is 3. The summed E-state index contributed by atoms with van der Waals surface area (Å²) in [7, 11) is -4.28. The van der Waals surface area contributed by atoms with Crippen LogP contribution in [0.25, 0.3) is 0 Å². The average molecular weight is 275 g/mol. The molecule has 100 valence electrons. The SMILES string of the molecule is CC(C)(NS(=O)(=O)c1c(N)cccc1F)C(N)=O. The lowest BCUT2D eigenvalue weighted by molar-refractivity contribution is -0.122. The van der Waals surface area contributed by atoms with Gasteiger partial charge in [-0.2, -0.15) is 4.72 Å². The Morgan fingerprint density at radius 2 is 1.94 bits per heavy atom. The first-order valence-electron chi connectivity index (χ1n) is 4.96. The summed E-state index contributed by atoms with van der Waals surface area (Å²) in [6, 6.07) is 3.49. The highest BCUT2D eigenvalue weighted by atomic mass is 32.2. The smallest absolute Gasteiger partial charge is 0.246 e. The van der Waals surface area contributed by atoms with Crippen LogP contribution in [0, 0.1) is 5.82 Å². The number of amides is 1. The Bertz CT molecular complexity index is 564. The largest absolute Gasteiger partial charge is 0.398 e. The predicted octanol–water partition coefficient (Wildman–Crippen LogP) is -0.0499. The van der Waals surface area contributed by atoms with Gasteiger partial charge in [-0.3, -0.25) is 4.79 Å². The second-order valence-corrected chi connectivity index (χ2v) is 5.87. The van der Waals surface area contributed by atoms with Crippen molar-refractivity contribution in [2.75, 3.05) is 5.73 Å². The van der Waals surface area contributed by atoms with Crippen LogP contribution in [0.1, 0.15) is 13.8 Å². The molecule has 8 heteroatoms. The summed E-state index contributed by atoms with van der Waals surface area (Å²) in [6.45, 7) is 2.54.